The van der Waals surface area contributed by atoms with Gasteiger partial charge in [0.15, 0.2) is 0 Å². The number of hydrogen-bond donors (Lipinski definition) is 1. The van der Waals surface area contributed by atoms with E-state index in [0.29, 0.717) is 0 Å². The molecule has 1 N–H and O–H groups in total. The Labute approximate surface area is 127 Å². The van der Waals surface area contributed by atoms with Crippen molar-refractivity contribution in [2.45, 2.75) is 65.2 Å². The molecule has 0 radical (unpaired) electrons. The summed E-state index contributed by atoms with van der Waals surface area (Å²) >= 11 is 3.53. The predicted molar refractivity (Wildman–Crippen MR) is 90.0 cm³/mol. The molecule has 1 nitrogen and oxygen atoms in total. The minimum absolute atomic E-state index is 1.08. The number of nitrogens with one attached hydrogen (secondary N) is 1. The van der Waals surface area contributed by atoms with Crippen LogP contribution in [0.2, 0.25) is 0 Å². The summed E-state index contributed by atoms with van der Waals surface area (Å²) in [6.07, 6.45) is 10.7. The Kier molecular flexibility index (Phi) is 8.98. The third kappa shape index (κ3) is 7.00. The monoisotopic (exact) mass is 325 g/mol. The first kappa shape index (κ1) is 16.6. The van der Waals surface area contributed by atoms with Crippen molar-refractivity contribution in [3.63, 3.8) is 0 Å². The third-order valence-electron chi connectivity index (χ3n) is 3.54. The average molecular weight is 326 g/mol. The fourth-order valence-electron chi connectivity index (χ4n) is 2.33. The maximum atomic E-state index is 3.57. The topological polar surface area (TPSA) is 12.0 Å². The summed E-state index contributed by atoms with van der Waals surface area (Å²) in [6, 6.07) is 6.52. The predicted octanol–water partition coefficient (Wildman–Crippen LogP) is 6.17. The molecule has 108 valence electrons. The lowest BCUT2D eigenvalue weighted by Gasteiger charge is -2.11. The van der Waals surface area contributed by atoms with Crippen LogP contribution in [0.25, 0.3) is 0 Å². The molecule has 0 aliphatic rings. The van der Waals surface area contributed by atoms with Crippen molar-refractivity contribution < 1.29 is 0 Å². The van der Waals surface area contributed by atoms with E-state index in [-0.39, 0.29) is 0 Å². The van der Waals surface area contributed by atoms with Gasteiger partial charge in [0.1, 0.15) is 0 Å². The maximum Gasteiger partial charge on any atom is 0.0373 e. The lowest BCUT2D eigenvalue weighted by Crippen LogP contribution is -2.04. The summed E-state index contributed by atoms with van der Waals surface area (Å²) in [5.74, 6) is 0. The molecule has 1 aromatic rings. The molecule has 0 amide bonds. The first-order valence-corrected chi connectivity index (χ1v) is 8.59. The average Bonchev–Trinajstić information content (AvgIpc) is 2.43. The number of unbranched alkanes of at least 4 members (excludes halogenated alkanes) is 6. The Balaban J connectivity index is 2.15. The van der Waals surface area contributed by atoms with Crippen LogP contribution in [-0.2, 0) is 6.42 Å². The van der Waals surface area contributed by atoms with Crippen LogP contribution in [0.4, 0.5) is 5.69 Å². The van der Waals surface area contributed by atoms with Crippen molar-refractivity contribution in [2.24, 2.45) is 0 Å². The molecule has 0 spiro atoms. The van der Waals surface area contributed by atoms with E-state index < -0.39 is 0 Å². The molecule has 2 heteroatoms. The van der Waals surface area contributed by atoms with Gasteiger partial charge < -0.3 is 5.32 Å². The van der Waals surface area contributed by atoms with Crippen LogP contribution >= 0.6 is 15.9 Å². The molecule has 0 saturated carbocycles. The van der Waals surface area contributed by atoms with Gasteiger partial charge >= 0.3 is 0 Å². The molecular weight excluding hydrogens is 298 g/mol. The molecule has 0 fully saturated rings. The van der Waals surface area contributed by atoms with Gasteiger partial charge in [0.05, 0.1) is 0 Å². The van der Waals surface area contributed by atoms with E-state index in [1.807, 2.05) is 0 Å². The van der Waals surface area contributed by atoms with Gasteiger partial charge in [-0.3, -0.25) is 0 Å². The number of hydrogen-bond acceptors (Lipinski definition) is 1. The van der Waals surface area contributed by atoms with Crippen molar-refractivity contribution >= 4 is 21.6 Å². The Hall–Kier alpha value is -0.500. The minimum atomic E-state index is 1.08. The second kappa shape index (κ2) is 10.3. The van der Waals surface area contributed by atoms with Crippen LogP contribution in [0.1, 0.15) is 64.4 Å². The molecule has 0 atom stereocenters. The summed E-state index contributed by atoms with van der Waals surface area (Å²) in [6.45, 7) is 5.58. The van der Waals surface area contributed by atoms with Gasteiger partial charge in [-0.15, -0.1) is 0 Å². The fourth-order valence-corrected chi connectivity index (χ4v) is 2.74. The highest BCUT2D eigenvalue weighted by Gasteiger charge is 2.00. The van der Waals surface area contributed by atoms with E-state index in [2.05, 4.69) is 53.3 Å². The molecule has 1 rings (SSSR count). The second-order valence-corrected chi connectivity index (χ2v) is 6.12. The van der Waals surface area contributed by atoms with Crippen LogP contribution in [-0.4, -0.2) is 6.54 Å². The number of halogens is 1. The Bertz CT molecular complexity index is 349. The van der Waals surface area contributed by atoms with Crippen LogP contribution in [0.5, 0.6) is 0 Å². The molecule has 0 unspecified atom stereocenters. The summed E-state index contributed by atoms with van der Waals surface area (Å²) in [5.41, 5.74) is 2.70. The molecule has 0 bridgehead atoms. The third-order valence-corrected chi connectivity index (χ3v) is 4.04. The lowest BCUT2D eigenvalue weighted by atomic mass is 10.1. The highest BCUT2D eigenvalue weighted by Crippen LogP contribution is 2.21. The lowest BCUT2D eigenvalue weighted by molar-refractivity contribution is 0.596. The highest BCUT2D eigenvalue weighted by atomic mass is 79.9. The van der Waals surface area contributed by atoms with Crippen molar-refractivity contribution in [1.29, 1.82) is 0 Å². The van der Waals surface area contributed by atoms with Crippen LogP contribution in [0.15, 0.2) is 22.7 Å². The standard InChI is InChI=1S/C17H28BrN/c1-3-5-6-7-8-9-10-13-19-17-12-11-16(18)14-15(17)4-2/h11-12,14,19H,3-10,13H2,1-2H3. The van der Waals surface area contributed by atoms with Gasteiger partial charge in [0.2, 0.25) is 0 Å². The van der Waals surface area contributed by atoms with Crippen molar-refractivity contribution in [3.8, 4) is 0 Å². The van der Waals surface area contributed by atoms with Crippen LogP contribution in [0.3, 0.4) is 0 Å². The quantitative estimate of drug-likeness (QED) is 0.507. The van der Waals surface area contributed by atoms with Crippen molar-refractivity contribution in [2.75, 3.05) is 11.9 Å². The molecule has 0 aliphatic heterocycles. The first-order chi connectivity index (χ1) is 9.27. The molecule has 0 aliphatic carbocycles. The number of aryl methyl sites for hydroxylation is 1. The maximum absolute atomic E-state index is 3.57. The molecule has 1 aromatic carbocycles. The van der Waals surface area contributed by atoms with E-state index in [0.717, 1.165) is 13.0 Å². The van der Waals surface area contributed by atoms with Crippen molar-refractivity contribution in [1.82, 2.24) is 0 Å². The first-order valence-electron chi connectivity index (χ1n) is 7.80. The highest BCUT2D eigenvalue weighted by molar-refractivity contribution is 9.10. The zero-order valence-electron chi connectivity index (χ0n) is 12.5. The van der Waals surface area contributed by atoms with Crippen LogP contribution < -0.4 is 5.32 Å². The van der Waals surface area contributed by atoms with Gasteiger partial charge in [-0.05, 0) is 36.6 Å². The van der Waals surface area contributed by atoms with E-state index in [9.17, 15) is 0 Å². The van der Waals surface area contributed by atoms with Crippen molar-refractivity contribution in [3.05, 3.63) is 28.2 Å². The Morgan fingerprint density at radius 2 is 1.63 bits per heavy atom. The zero-order valence-corrected chi connectivity index (χ0v) is 14.1. The van der Waals surface area contributed by atoms with E-state index in [4.69, 9.17) is 0 Å². The molecular formula is C17H28BrN. The minimum Gasteiger partial charge on any atom is -0.385 e. The summed E-state index contributed by atoms with van der Waals surface area (Å²) in [5, 5.41) is 3.57. The molecule has 0 saturated heterocycles. The zero-order chi connectivity index (χ0) is 13.9. The van der Waals surface area contributed by atoms with Crippen LogP contribution in [0, 0.1) is 0 Å². The molecule has 0 heterocycles. The van der Waals surface area contributed by atoms with E-state index in [1.165, 1.54) is 60.7 Å². The summed E-state index contributed by atoms with van der Waals surface area (Å²) in [7, 11) is 0. The Morgan fingerprint density at radius 1 is 0.947 bits per heavy atom. The van der Waals surface area contributed by atoms with Gasteiger partial charge in [0.25, 0.3) is 0 Å². The summed E-state index contributed by atoms with van der Waals surface area (Å²) in [4.78, 5) is 0. The van der Waals surface area contributed by atoms with Gasteiger partial charge in [-0.25, -0.2) is 0 Å². The summed E-state index contributed by atoms with van der Waals surface area (Å²) < 4.78 is 1.17. The SMILES string of the molecule is CCCCCCCCCNc1ccc(Br)cc1CC. The van der Waals surface area contributed by atoms with E-state index >= 15 is 0 Å². The van der Waals surface area contributed by atoms with Gasteiger partial charge in [-0.2, -0.15) is 0 Å². The van der Waals surface area contributed by atoms with E-state index in [1.54, 1.807) is 0 Å². The number of benzene rings is 1. The number of rotatable bonds is 10. The van der Waals surface area contributed by atoms with Gasteiger partial charge in [0, 0.05) is 16.7 Å². The Morgan fingerprint density at radius 3 is 2.32 bits per heavy atom. The normalized spacial score (nSPS) is 10.7. The fraction of sp³-hybridized carbons (Fsp3) is 0.647. The number of anilines is 1. The second-order valence-electron chi connectivity index (χ2n) is 5.20. The smallest absolute Gasteiger partial charge is 0.0373 e. The van der Waals surface area contributed by atoms with Gasteiger partial charge in [-0.1, -0.05) is 68.3 Å². The molecule has 19 heavy (non-hydrogen) atoms. The largest absolute Gasteiger partial charge is 0.385 e. The molecule has 0 aromatic heterocycles.